The van der Waals surface area contributed by atoms with Gasteiger partial charge in [0.25, 0.3) is 0 Å². The Balaban J connectivity index is 0.00000342. The minimum absolute atomic E-state index is 0. The minimum Gasteiger partial charge on any atom is -0.549 e. The van der Waals surface area contributed by atoms with E-state index in [1.807, 2.05) is 37.6 Å². The maximum atomic E-state index is 13.0. The number of hydrogen-bond donors (Lipinski definition) is 1. The SMILES string of the molecule is COC(=O)C1=C(C)NC(C)C(CCN(C)Cc2cccs2)(C(=O)[O-])C1c1cccc2c1OOC2.Cl. The summed E-state index contributed by atoms with van der Waals surface area (Å²) in [6, 6.07) is 9.00. The van der Waals surface area contributed by atoms with Gasteiger partial charge in [-0.1, -0.05) is 24.3 Å². The first-order valence-electron chi connectivity index (χ1n) is 11.2. The summed E-state index contributed by atoms with van der Waals surface area (Å²) in [6.07, 6.45) is 0.244. The van der Waals surface area contributed by atoms with Gasteiger partial charge in [0.2, 0.25) is 0 Å². The molecule has 3 atom stereocenters. The Morgan fingerprint density at radius 2 is 2.09 bits per heavy atom. The van der Waals surface area contributed by atoms with Crippen LogP contribution in [0.5, 0.6) is 5.75 Å². The molecule has 4 rings (SSSR count). The lowest BCUT2D eigenvalue weighted by Gasteiger charge is -2.51. The molecule has 8 nitrogen and oxygen atoms in total. The number of thiophene rings is 1. The van der Waals surface area contributed by atoms with Crippen molar-refractivity contribution in [2.45, 2.75) is 45.4 Å². The molecule has 3 unspecified atom stereocenters. The molecule has 2 aliphatic heterocycles. The van der Waals surface area contributed by atoms with E-state index in [2.05, 4.69) is 16.3 Å². The minimum atomic E-state index is -1.45. The maximum Gasteiger partial charge on any atom is 0.336 e. The molecule has 2 aromatic rings. The van der Waals surface area contributed by atoms with E-state index in [0.29, 0.717) is 30.1 Å². The van der Waals surface area contributed by atoms with Crippen LogP contribution < -0.4 is 15.3 Å². The van der Waals surface area contributed by atoms with E-state index in [9.17, 15) is 14.7 Å². The number of carbonyl (C=O) groups is 2. The van der Waals surface area contributed by atoms with Crippen LogP contribution in [-0.4, -0.2) is 43.6 Å². The number of methoxy groups -OCH3 is 1. The lowest BCUT2D eigenvalue weighted by Crippen LogP contribution is -2.61. The smallest absolute Gasteiger partial charge is 0.336 e. The number of hydrogen-bond acceptors (Lipinski definition) is 9. The number of aliphatic carboxylic acids is 1. The molecular formula is C25H30ClN2O6S-. The number of ether oxygens (including phenoxy) is 1. The molecule has 1 N–H and O–H groups in total. The van der Waals surface area contributed by atoms with Gasteiger partial charge in [0.1, 0.15) is 6.61 Å². The van der Waals surface area contributed by atoms with Gasteiger partial charge in [0.15, 0.2) is 5.75 Å². The van der Waals surface area contributed by atoms with Gasteiger partial charge in [-0.3, -0.25) is 0 Å². The van der Waals surface area contributed by atoms with Crippen LogP contribution in [0.2, 0.25) is 0 Å². The summed E-state index contributed by atoms with van der Waals surface area (Å²) in [5, 5.41) is 18.3. The molecule has 0 amide bonds. The molecule has 10 heteroatoms. The first kappa shape index (κ1) is 27.0. The second-order valence-electron chi connectivity index (χ2n) is 8.91. The van der Waals surface area contributed by atoms with E-state index in [0.717, 1.165) is 5.56 Å². The molecule has 0 aliphatic carbocycles. The monoisotopic (exact) mass is 521 g/mol. The fourth-order valence-electron chi connectivity index (χ4n) is 5.15. The molecule has 0 spiro atoms. The highest BCUT2D eigenvalue weighted by Gasteiger charge is 2.53. The highest BCUT2D eigenvalue weighted by Crippen LogP contribution is 2.53. The molecule has 0 saturated heterocycles. The molecule has 0 saturated carbocycles. The van der Waals surface area contributed by atoms with E-state index in [-0.39, 0.29) is 31.0 Å². The Hall–Kier alpha value is -2.59. The topological polar surface area (TPSA) is 100 Å². The predicted octanol–water partition coefficient (Wildman–Crippen LogP) is 2.77. The van der Waals surface area contributed by atoms with Gasteiger partial charge >= 0.3 is 5.97 Å². The van der Waals surface area contributed by atoms with Crippen LogP contribution >= 0.6 is 23.7 Å². The number of fused-ring (bicyclic) bond motifs is 1. The average molecular weight is 522 g/mol. The van der Waals surface area contributed by atoms with Crippen LogP contribution in [0.15, 0.2) is 47.0 Å². The van der Waals surface area contributed by atoms with E-state index < -0.39 is 29.3 Å². The first-order valence-corrected chi connectivity index (χ1v) is 12.1. The van der Waals surface area contributed by atoms with Gasteiger partial charge in [-0.25, -0.2) is 4.79 Å². The predicted molar refractivity (Wildman–Crippen MR) is 132 cm³/mol. The zero-order valence-electron chi connectivity index (χ0n) is 20.2. The Morgan fingerprint density at radius 1 is 1.31 bits per heavy atom. The van der Waals surface area contributed by atoms with Crippen LogP contribution in [-0.2, 0) is 32.4 Å². The van der Waals surface area contributed by atoms with Crippen LogP contribution in [0.1, 0.15) is 42.2 Å². The Bertz CT molecular complexity index is 1110. The van der Waals surface area contributed by atoms with E-state index in [1.165, 1.54) is 12.0 Å². The highest BCUT2D eigenvalue weighted by atomic mass is 35.5. The summed E-state index contributed by atoms with van der Waals surface area (Å²) in [5.74, 6) is -2.22. The van der Waals surface area contributed by atoms with Crippen molar-refractivity contribution in [1.82, 2.24) is 10.2 Å². The number of carboxylic acid groups (broad SMARTS) is 1. The van der Waals surface area contributed by atoms with Gasteiger partial charge in [-0.2, -0.15) is 4.89 Å². The van der Waals surface area contributed by atoms with E-state index in [4.69, 9.17) is 14.5 Å². The molecule has 1 aromatic carbocycles. The number of nitrogens with one attached hydrogen (secondary N) is 1. The number of nitrogens with zero attached hydrogens (tertiary/aromatic N) is 1. The van der Waals surface area contributed by atoms with Gasteiger partial charge in [-0.05, 0) is 45.3 Å². The van der Waals surface area contributed by atoms with Crippen molar-refractivity contribution < 1.29 is 29.2 Å². The summed E-state index contributed by atoms with van der Waals surface area (Å²) in [4.78, 5) is 40.0. The first-order chi connectivity index (χ1) is 16.3. The van der Waals surface area contributed by atoms with Crippen LogP contribution in [0.25, 0.3) is 0 Å². The second-order valence-corrected chi connectivity index (χ2v) is 9.94. The van der Waals surface area contributed by atoms with E-state index >= 15 is 0 Å². The summed E-state index contributed by atoms with van der Waals surface area (Å²) < 4.78 is 5.10. The molecule has 35 heavy (non-hydrogen) atoms. The average Bonchev–Trinajstić information content (AvgIpc) is 3.49. The largest absolute Gasteiger partial charge is 0.549 e. The standard InChI is InChI=1S/C25H30N2O6S.ClH/c1-15-20(23(28)31-4)21(19-9-5-7-17-14-32-33-22(17)19)25(24(29)30,16(2)26-15)10-11-27(3)13-18-8-6-12-34-18;/h5-9,12,16,21,26H,10-11,13-14H2,1-4H3,(H,29,30);1H/p-1. The second kappa shape index (κ2) is 11.0. The van der Waals surface area contributed by atoms with Crippen LogP contribution in [0.3, 0.4) is 0 Å². The lowest BCUT2D eigenvalue weighted by atomic mass is 9.60. The third-order valence-corrected chi connectivity index (χ3v) is 7.77. The maximum absolute atomic E-state index is 13.0. The van der Waals surface area contributed by atoms with Crippen molar-refractivity contribution in [3.63, 3.8) is 0 Å². The normalized spacial score (nSPS) is 23.2. The van der Waals surface area contributed by atoms with Crippen molar-refractivity contribution >= 4 is 35.7 Å². The molecule has 2 aliphatic rings. The fourth-order valence-corrected chi connectivity index (χ4v) is 5.93. The molecular weight excluding hydrogens is 492 g/mol. The molecule has 0 bridgehead atoms. The van der Waals surface area contributed by atoms with Gasteiger partial charge < -0.3 is 29.7 Å². The summed E-state index contributed by atoms with van der Waals surface area (Å²) in [7, 11) is 3.25. The van der Waals surface area contributed by atoms with Crippen molar-refractivity contribution in [3.05, 3.63) is 63.0 Å². The zero-order valence-corrected chi connectivity index (χ0v) is 21.8. The number of carbonyl (C=O) groups excluding carboxylic acids is 2. The van der Waals surface area contributed by atoms with Crippen LogP contribution in [0.4, 0.5) is 0 Å². The number of rotatable bonds is 8. The molecule has 1 aromatic heterocycles. The molecule has 0 radical (unpaired) electrons. The van der Waals surface area contributed by atoms with Gasteiger partial charge in [0, 0.05) is 45.6 Å². The Morgan fingerprint density at radius 3 is 2.74 bits per heavy atom. The van der Waals surface area contributed by atoms with Crippen LogP contribution in [0, 0.1) is 5.41 Å². The summed E-state index contributed by atoms with van der Waals surface area (Å²) in [5.41, 5.74) is 0.758. The number of benzene rings is 1. The van der Waals surface area contributed by atoms with Crippen molar-refractivity contribution in [1.29, 1.82) is 0 Å². The van der Waals surface area contributed by atoms with Crippen molar-refractivity contribution in [2.24, 2.45) is 5.41 Å². The number of para-hydroxylation sites is 1. The molecule has 0 fully saturated rings. The Labute approximate surface area is 215 Å². The third kappa shape index (κ3) is 4.91. The fraction of sp³-hybridized carbons (Fsp3) is 0.440. The summed E-state index contributed by atoms with van der Waals surface area (Å²) >= 11 is 1.66. The highest BCUT2D eigenvalue weighted by molar-refractivity contribution is 7.09. The number of carboxylic acids is 1. The number of allylic oxidation sites excluding steroid dienone is 1. The summed E-state index contributed by atoms with van der Waals surface area (Å²) in [6.45, 7) is 5.01. The third-order valence-electron chi connectivity index (χ3n) is 6.91. The van der Waals surface area contributed by atoms with E-state index in [1.54, 1.807) is 24.3 Å². The van der Waals surface area contributed by atoms with Gasteiger partial charge in [-0.15, -0.1) is 23.7 Å². The zero-order chi connectivity index (χ0) is 24.5. The lowest BCUT2D eigenvalue weighted by molar-refractivity contribution is -0.322. The van der Waals surface area contributed by atoms with Gasteiger partial charge in [0.05, 0.1) is 18.7 Å². The number of esters is 1. The number of halogens is 1. The quantitative estimate of drug-likeness (QED) is 0.418. The molecule has 3 heterocycles. The van der Waals surface area contributed by atoms with Crippen molar-refractivity contribution in [2.75, 3.05) is 20.7 Å². The Kier molecular flexibility index (Phi) is 8.48. The van der Waals surface area contributed by atoms with Crippen molar-refractivity contribution in [3.8, 4) is 5.75 Å². The molecule has 190 valence electrons.